The molecule has 9 heteroatoms. The molecule has 3 unspecified atom stereocenters. The molecule has 0 aliphatic heterocycles. The number of hydrogen-bond donors (Lipinski definition) is 6. The van der Waals surface area contributed by atoms with Crippen molar-refractivity contribution in [3.8, 4) is 0 Å². The van der Waals surface area contributed by atoms with E-state index in [1.54, 1.807) is 0 Å². The number of rotatable bonds is 6. The average Bonchev–Trinajstić information content (AvgIpc) is 2.45. The van der Waals surface area contributed by atoms with Gasteiger partial charge in [0.1, 0.15) is 0 Å². The van der Waals surface area contributed by atoms with E-state index < -0.39 is 0 Å². The molecule has 0 fully saturated rings. The van der Waals surface area contributed by atoms with E-state index in [2.05, 4.69) is 0 Å². The molecule has 0 aliphatic rings. The second-order valence-electron chi connectivity index (χ2n) is 6.27. The third-order valence-corrected chi connectivity index (χ3v) is 3.20. The molecule has 0 rings (SSSR count). The summed E-state index contributed by atoms with van der Waals surface area (Å²) in [6.45, 7) is 12.2. The van der Waals surface area contributed by atoms with Crippen molar-refractivity contribution in [2.75, 3.05) is 19.8 Å². The van der Waals surface area contributed by atoms with Crippen LogP contribution in [0.3, 0.4) is 0 Å². The molecule has 0 aliphatic carbocycles. The van der Waals surface area contributed by atoms with Crippen LogP contribution in [0.15, 0.2) is 0 Å². The molecule has 0 aromatic rings. The molecule has 148 valence electrons. The summed E-state index contributed by atoms with van der Waals surface area (Å²) >= 11 is 0. The van der Waals surface area contributed by atoms with Crippen molar-refractivity contribution in [3.05, 3.63) is 0 Å². The van der Waals surface area contributed by atoms with Gasteiger partial charge in [-0.05, 0) is 17.8 Å². The zero-order valence-corrected chi connectivity index (χ0v) is 20.6. The minimum absolute atomic E-state index is 0. The molecule has 0 saturated carbocycles. The first kappa shape index (κ1) is 39.9. The first-order chi connectivity index (χ1) is 9.54. The molecule has 0 bridgehead atoms. The zero-order valence-electron chi connectivity index (χ0n) is 16.1. The summed E-state index contributed by atoms with van der Waals surface area (Å²) < 4.78 is 0. The Bertz CT molecular complexity index is 185. The van der Waals surface area contributed by atoms with Gasteiger partial charge in [0.05, 0.1) is 19.8 Å². The number of nitrogens with two attached hydrogens (primary N) is 3. The maximum Gasteiger partial charge on any atom is 2.00 e. The fraction of sp³-hybridized carbons (Fsp3) is 1.00. The van der Waals surface area contributed by atoms with Gasteiger partial charge in [0.2, 0.25) is 0 Å². The largest absolute Gasteiger partial charge is 2.00 e. The van der Waals surface area contributed by atoms with Crippen molar-refractivity contribution in [1.82, 2.24) is 0 Å². The fourth-order valence-corrected chi connectivity index (χ4v) is 0.632. The van der Waals surface area contributed by atoms with Gasteiger partial charge in [-0.15, -0.1) is 0 Å². The van der Waals surface area contributed by atoms with Crippen molar-refractivity contribution in [2.24, 2.45) is 35.0 Å². The van der Waals surface area contributed by atoms with Crippen LogP contribution in [0.5, 0.6) is 0 Å². The molecule has 0 spiro atoms. The second-order valence-corrected chi connectivity index (χ2v) is 6.27. The average molecular weight is 446 g/mol. The smallest absolute Gasteiger partial charge is 1.00 e. The summed E-state index contributed by atoms with van der Waals surface area (Å²) in [6, 6.07) is -0.125. The van der Waals surface area contributed by atoms with E-state index in [1.165, 1.54) is 0 Å². The summed E-state index contributed by atoms with van der Waals surface area (Å²) in [7, 11) is 0. The Balaban J connectivity index is -0.0000000476. The summed E-state index contributed by atoms with van der Waals surface area (Å²) in [5.41, 5.74) is 16.1. The minimum Gasteiger partial charge on any atom is -1.00 e. The zero-order chi connectivity index (χ0) is 17.6. The quantitative estimate of drug-likeness (QED) is 0.225. The molecule has 0 aromatic carbocycles. The molecule has 0 saturated heterocycles. The van der Waals surface area contributed by atoms with E-state index in [4.69, 9.17) is 32.5 Å². The summed E-state index contributed by atoms with van der Waals surface area (Å²) in [5, 5.41) is 25.1. The van der Waals surface area contributed by atoms with E-state index in [0.717, 1.165) is 0 Å². The van der Waals surface area contributed by atoms with Gasteiger partial charge in [-0.1, -0.05) is 41.5 Å². The van der Waals surface area contributed by atoms with Crippen molar-refractivity contribution < 1.29 is 59.6 Å². The van der Waals surface area contributed by atoms with Gasteiger partial charge in [0, 0.05) is 18.1 Å². The van der Waals surface area contributed by atoms with Gasteiger partial charge in [-0.25, -0.2) is 0 Å². The molecule has 9 N–H and O–H groups in total. The van der Waals surface area contributed by atoms with Crippen molar-refractivity contribution >= 4 is 0 Å². The van der Waals surface area contributed by atoms with Gasteiger partial charge in [-0.2, -0.15) is 0 Å². The van der Waals surface area contributed by atoms with Crippen LogP contribution in [-0.2, 0) is 19.5 Å². The van der Waals surface area contributed by atoms with Crippen LogP contribution in [0.2, 0.25) is 0 Å². The minimum atomic E-state index is -0.0417. The number of aliphatic hydroxyl groups is 3. The van der Waals surface area contributed by atoms with Crippen molar-refractivity contribution in [2.45, 2.75) is 59.7 Å². The molecule has 0 radical (unpaired) electrons. The molecule has 6 nitrogen and oxygen atoms in total. The molecule has 3 atom stereocenters. The summed E-state index contributed by atoms with van der Waals surface area (Å²) in [5.74, 6) is 1.18. The molecule has 0 aromatic heterocycles. The predicted molar refractivity (Wildman–Crippen MR) is 89.7 cm³/mol. The Labute approximate surface area is 173 Å². The monoisotopic (exact) mass is 443 g/mol. The van der Waals surface area contributed by atoms with E-state index in [9.17, 15) is 0 Å². The van der Waals surface area contributed by atoms with Gasteiger partial charge in [0.15, 0.2) is 0 Å². The van der Waals surface area contributed by atoms with Crippen molar-refractivity contribution in [1.29, 1.82) is 0 Å². The van der Waals surface area contributed by atoms with Gasteiger partial charge in [-0.3, -0.25) is 0 Å². The van der Waals surface area contributed by atoms with E-state index in [1.807, 2.05) is 41.5 Å². The predicted octanol–water partition coefficient (Wildman–Crippen LogP) is -6.11. The Morgan fingerprint density at radius 2 is 0.667 bits per heavy atom. The van der Waals surface area contributed by atoms with Crippen LogP contribution >= 0.6 is 0 Å². The Hall–Kier alpha value is 0.963. The molecular formula is C15H39Cl2N3O3Zn. The summed E-state index contributed by atoms with van der Waals surface area (Å²) in [4.78, 5) is 0. The van der Waals surface area contributed by atoms with Gasteiger partial charge < -0.3 is 57.3 Å². The molecule has 24 heavy (non-hydrogen) atoms. The SMILES string of the molecule is CC(C)C(N)CO.CC(C)C(N)CO.CC(C)C(N)CO.[Cl-].[Cl-].[Zn+2]. The third-order valence-electron chi connectivity index (χ3n) is 3.20. The standard InChI is InChI=1S/3C5H13NO.2ClH.Zn/c3*1-4(2)5(6)3-7;;;/h3*4-5,7H,3,6H2,1-2H3;2*1H;/q;;;;;+2/p-2. The van der Waals surface area contributed by atoms with E-state index in [0.29, 0.717) is 17.8 Å². The number of aliphatic hydroxyl groups excluding tert-OH is 3. The molecule has 0 heterocycles. The van der Waals surface area contributed by atoms with E-state index in [-0.39, 0.29) is 82.2 Å². The van der Waals surface area contributed by atoms with E-state index >= 15 is 0 Å². The summed E-state index contributed by atoms with van der Waals surface area (Å²) in [6.07, 6.45) is 0. The van der Waals surface area contributed by atoms with Gasteiger partial charge >= 0.3 is 19.5 Å². The van der Waals surface area contributed by atoms with Gasteiger partial charge in [0.25, 0.3) is 0 Å². The maximum atomic E-state index is 8.38. The Morgan fingerprint density at radius 1 is 0.542 bits per heavy atom. The normalized spacial score (nSPS) is 13.1. The number of halogens is 2. The van der Waals surface area contributed by atoms with Crippen molar-refractivity contribution in [3.63, 3.8) is 0 Å². The van der Waals surface area contributed by atoms with Crippen LogP contribution in [-0.4, -0.2) is 53.3 Å². The second kappa shape index (κ2) is 26.2. The fourth-order valence-electron chi connectivity index (χ4n) is 0.632. The van der Waals surface area contributed by atoms with Crippen LogP contribution < -0.4 is 42.0 Å². The topological polar surface area (TPSA) is 139 Å². The first-order valence-electron chi connectivity index (χ1n) is 7.64. The third kappa shape index (κ3) is 30.8. The Morgan fingerprint density at radius 3 is 0.667 bits per heavy atom. The van der Waals surface area contributed by atoms with Crippen LogP contribution in [0.4, 0.5) is 0 Å². The van der Waals surface area contributed by atoms with Crippen LogP contribution in [0, 0.1) is 17.8 Å². The van der Waals surface area contributed by atoms with Crippen LogP contribution in [0.1, 0.15) is 41.5 Å². The Kier molecular flexibility index (Phi) is 43.5. The number of hydrogen-bond acceptors (Lipinski definition) is 6. The molecular weight excluding hydrogens is 406 g/mol. The maximum absolute atomic E-state index is 8.38. The molecule has 0 amide bonds. The first-order valence-corrected chi connectivity index (χ1v) is 7.64. The van der Waals surface area contributed by atoms with Crippen LogP contribution in [0.25, 0.3) is 0 Å².